The van der Waals surface area contributed by atoms with Crippen LogP contribution < -0.4 is 0 Å². The highest BCUT2D eigenvalue weighted by molar-refractivity contribution is 7.14. The maximum absolute atomic E-state index is 13.7. The van der Waals surface area contributed by atoms with Crippen LogP contribution in [-0.2, 0) is 6.42 Å². The number of carboxylic acid groups (broad SMARTS) is 1. The predicted octanol–water partition coefficient (Wildman–Crippen LogP) is 3.60. The molecule has 1 N–H and O–H groups in total. The molecule has 0 amide bonds. The first-order valence-corrected chi connectivity index (χ1v) is 6.43. The molecule has 18 heavy (non-hydrogen) atoms. The number of rotatable bonds is 4. The molecule has 2 aromatic rings. The summed E-state index contributed by atoms with van der Waals surface area (Å²) in [4.78, 5) is 15.5. The van der Waals surface area contributed by atoms with Gasteiger partial charge in [0.05, 0.1) is 10.7 Å². The van der Waals surface area contributed by atoms with Crippen molar-refractivity contribution in [2.24, 2.45) is 0 Å². The largest absolute Gasteiger partial charge is 0.477 e. The molecule has 0 aliphatic carbocycles. The van der Waals surface area contributed by atoms with E-state index in [0.717, 1.165) is 22.8 Å². The molecule has 0 bridgehead atoms. The molecule has 94 valence electrons. The zero-order valence-electron chi connectivity index (χ0n) is 9.81. The van der Waals surface area contributed by atoms with Crippen molar-refractivity contribution in [1.82, 2.24) is 4.98 Å². The average molecular weight is 265 g/mol. The van der Waals surface area contributed by atoms with E-state index in [2.05, 4.69) is 4.98 Å². The summed E-state index contributed by atoms with van der Waals surface area (Å²) in [5.74, 6) is -1.51. The highest BCUT2D eigenvalue weighted by Gasteiger charge is 2.20. The molecule has 0 unspecified atom stereocenters. The lowest BCUT2D eigenvalue weighted by atomic mass is 10.1. The molecule has 0 saturated carbocycles. The van der Waals surface area contributed by atoms with Crippen molar-refractivity contribution in [3.05, 3.63) is 40.0 Å². The number of benzene rings is 1. The minimum atomic E-state index is -1.06. The third-order valence-corrected chi connectivity index (χ3v) is 3.56. The fourth-order valence-electron chi connectivity index (χ4n) is 1.67. The normalized spacial score (nSPS) is 10.6. The highest BCUT2D eigenvalue weighted by Crippen LogP contribution is 2.30. The van der Waals surface area contributed by atoms with Gasteiger partial charge in [-0.05, 0) is 25.0 Å². The summed E-state index contributed by atoms with van der Waals surface area (Å²) in [7, 11) is 0. The molecule has 1 aromatic carbocycles. The van der Waals surface area contributed by atoms with E-state index in [1.54, 1.807) is 18.2 Å². The predicted molar refractivity (Wildman–Crippen MR) is 68.5 cm³/mol. The second kappa shape index (κ2) is 5.27. The smallest absolute Gasteiger partial charge is 0.348 e. The molecular formula is C13H12FNO2S. The minimum Gasteiger partial charge on any atom is -0.477 e. The molecule has 0 aliphatic heterocycles. The number of carboxylic acids is 1. The molecule has 2 rings (SSSR count). The topological polar surface area (TPSA) is 50.2 Å². The first-order valence-electron chi connectivity index (χ1n) is 5.61. The maximum Gasteiger partial charge on any atom is 0.348 e. The third kappa shape index (κ3) is 2.41. The van der Waals surface area contributed by atoms with Crippen molar-refractivity contribution in [2.75, 3.05) is 0 Å². The fourth-order valence-corrected chi connectivity index (χ4v) is 2.68. The number of halogens is 1. The summed E-state index contributed by atoms with van der Waals surface area (Å²) in [6, 6.07) is 6.09. The first kappa shape index (κ1) is 12.7. The lowest BCUT2D eigenvalue weighted by Gasteiger charge is -2.00. The van der Waals surface area contributed by atoms with Crippen molar-refractivity contribution >= 4 is 17.3 Å². The van der Waals surface area contributed by atoms with Crippen LogP contribution in [-0.4, -0.2) is 16.1 Å². The molecule has 0 aliphatic rings. The van der Waals surface area contributed by atoms with Gasteiger partial charge in [0.1, 0.15) is 10.7 Å². The van der Waals surface area contributed by atoms with Crippen LogP contribution in [0.4, 0.5) is 4.39 Å². The number of hydrogen-bond donors (Lipinski definition) is 1. The molecule has 0 saturated heterocycles. The van der Waals surface area contributed by atoms with Crippen molar-refractivity contribution < 1.29 is 14.3 Å². The Morgan fingerprint density at radius 3 is 2.78 bits per heavy atom. The van der Waals surface area contributed by atoms with Gasteiger partial charge in [-0.25, -0.2) is 14.2 Å². The van der Waals surface area contributed by atoms with Crippen molar-refractivity contribution in [3.63, 3.8) is 0 Å². The van der Waals surface area contributed by atoms with Gasteiger partial charge in [0.25, 0.3) is 0 Å². The van der Waals surface area contributed by atoms with Gasteiger partial charge in [0, 0.05) is 5.56 Å². The number of thiazole rings is 1. The van der Waals surface area contributed by atoms with Gasteiger partial charge in [-0.2, -0.15) is 0 Å². The Hall–Kier alpha value is -1.75. The summed E-state index contributed by atoms with van der Waals surface area (Å²) in [5, 5.41) is 9.88. The van der Waals surface area contributed by atoms with E-state index in [9.17, 15) is 9.18 Å². The molecule has 5 heteroatoms. The fraction of sp³-hybridized carbons (Fsp3) is 0.231. The van der Waals surface area contributed by atoms with Crippen molar-refractivity contribution in [3.8, 4) is 11.3 Å². The average Bonchev–Trinajstić information content (AvgIpc) is 2.74. The van der Waals surface area contributed by atoms with Gasteiger partial charge in [-0.1, -0.05) is 19.1 Å². The summed E-state index contributed by atoms with van der Waals surface area (Å²) in [5.41, 5.74) is 0.475. The minimum absolute atomic E-state index is 0.101. The molecule has 3 nitrogen and oxygen atoms in total. The molecule has 0 atom stereocenters. The lowest BCUT2D eigenvalue weighted by molar-refractivity contribution is 0.0702. The van der Waals surface area contributed by atoms with Gasteiger partial charge in [0.15, 0.2) is 0 Å². The standard InChI is InChI=1S/C13H12FNO2S/c1-2-5-10-15-11(12(18-10)13(16)17)8-6-3-4-7-9(8)14/h3-4,6-7H,2,5H2,1H3,(H,16,17). The number of aromatic carboxylic acids is 1. The molecule has 1 heterocycles. The van der Waals surface area contributed by atoms with Crippen LogP contribution in [0.15, 0.2) is 24.3 Å². The van der Waals surface area contributed by atoms with E-state index >= 15 is 0 Å². The Morgan fingerprint density at radius 1 is 1.44 bits per heavy atom. The quantitative estimate of drug-likeness (QED) is 0.918. The number of aromatic nitrogens is 1. The van der Waals surface area contributed by atoms with E-state index in [-0.39, 0.29) is 16.1 Å². The third-order valence-electron chi connectivity index (χ3n) is 2.46. The van der Waals surface area contributed by atoms with Gasteiger partial charge in [0.2, 0.25) is 0 Å². The van der Waals surface area contributed by atoms with E-state index in [1.165, 1.54) is 6.07 Å². The Kier molecular flexibility index (Phi) is 3.72. The van der Waals surface area contributed by atoms with E-state index in [1.807, 2.05) is 6.92 Å². The van der Waals surface area contributed by atoms with Gasteiger partial charge < -0.3 is 5.11 Å². The Labute approximate surface area is 108 Å². The van der Waals surface area contributed by atoms with Crippen LogP contribution in [0.5, 0.6) is 0 Å². The Morgan fingerprint density at radius 2 is 2.17 bits per heavy atom. The lowest BCUT2D eigenvalue weighted by Crippen LogP contribution is -1.96. The Balaban J connectivity index is 2.55. The van der Waals surface area contributed by atoms with Crippen LogP contribution in [0.2, 0.25) is 0 Å². The van der Waals surface area contributed by atoms with Gasteiger partial charge in [-0.3, -0.25) is 0 Å². The van der Waals surface area contributed by atoms with Gasteiger partial charge >= 0.3 is 5.97 Å². The van der Waals surface area contributed by atoms with Crippen LogP contribution in [0.1, 0.15) is 28.0 Å². The number of carbonyl (C=O) groups is 1. The summed E-state index contributed by atoms with van der Waals surface area (Å²) in [6.07, 6.45) is 1.59. The van der Waals surface area contributed by atoms with Crippen LogP contribution in [0.3, 0.4) is 0 Å². The number of aryl methyl sites for hydroxylation is 1. The van der Waals surface area contributed by atoms with Crippen molar-refractivity contribution in [1.29, 1.82) is 0 Å². The molecule has 1 aromatic heterocycles. The molecule has 0 radical (unpaired) electrons. The zero-order valence-corrected chi connectivity index (χ0v) is 10.6. The number of hydrogen-bond acceptors (Lipinski definition) is 3. The van der Waals surface area contributed by atoms with Crippen LogP contribution >= 0.6 is 11.3 Å². The maximum atomic E-state index is 13.7. The van der Waals surface area contributed by atoms with E-state index in [0.29, 0.717) is 6.42 Å². The molecule has 0 fully saturated rings. The monoisotopic (exact) mass is 265 g/mol. The zero-order chi connectivity index (χ0) is 13.1. The number of nitrogens with zero attached hydrogens (tertiary/aromatic N) is 1. The molecule has 0 spiro atoms. The van der Waals surface area contributed by atoms with E-state index < -0.39 is 11.8 Å². The highest BCUT2D eigenvalue weighted by atomic mass is 32.1. The van der Waals surface area contributed by atoms with Gasteiger partial charge in [-0.15, -0.1) is 11.3 Å². The summed E-state index contributed by atoms with van der Waals surface area (Å²) >= 11 is 1.12. The van der Waals surface area contributed by atoms with Crippen molar-refractivity contribution in [2.45, 2.75) is 19.8 Å². The van der Waals surface area contributed by atoms with Crippen LogP contribution in [0.25, 0.3) is 11.3 Å². The second-order valence-electron chi connectivity index (χ2n) is 3.82. The summed E-state index contributed by atoms with van der Waals surface area (Å²) in [6.45, 7) is 1.99. The summed E-state index contributed by atoms with van der Waals surface area (Å²) < 4.78 is 13.7. The first-order chi connectivity index (χ1) is 8.63. The Bertz CT molecular complexity index is 580. The molecular weight excluding hydrogens is 253 g/mol. The van der Waals surface area contributed by atoms with Crippen LogP contribution in [0, 0.1) is 5.82 Å². The SMILES string of the molecule is CCCc1nc(-c2ccccc2F)c(C(=O)O)s1. The van der Waals surface area contributed by atoms with E-state index in [4.69, 9.17) is 5.11 Å². The second-order valence-corrected chi connectivity index (χ2v) is 4.90.